The largest absolute Gasteiger partial charge is 0.491 e. The van der Waals surface area contributed by atoms with Gasteiger partial charge in [0.25, 0.3) is 0 Å². The Hall–Kier alpha value is -2.37. The van der Waals surface area contributed by atoms with E-state index in [2.05, 4.69) is 41.4 Å². The molecular weight excluding hydrogens is 326 g/mol. The normalized spacial score (nSPS) is 14.0. The van der Waals surface area contributed by atoms with Crippen molar-refractivity contribution < 1.29 is 9.47 Å². The molecule has 5 heteroatoms. The van der Waals surface area contributed by atoms with Gasteiger partial charge >= 0.3 is 0 Å². The molecular formula is C21H27N3O2. The molecule has 26 heavy (non-hydrogen) atoms. The van der Waals surface area contributed by atoms with E-state index in [0.717, 1.165) is 36.7 Å². The summed E-state index contributed by atoms with van der Waals surface area (Å²) >= 11 is 0. The van der Waals surface area contributed by atoms with Crippen LogP contribution in [-0.2, 0) is 11.2 Å². The van der Waals surface area contributed by atoms with Crippen molar-refractivity contribution in [2.24, 2.45) is 10.8 Å². The smallest absolute Gasteiger partial charge is 0.145 e. The van der Waals surface area contributed by atoms with Gasteiger partial charge in [0.1, 0.15) is 18.2 Å². The van der Waals surface area contributed by atoms with Crippen molar-refractivity contribution in [2.75, 3.05) is 26.3 Å². The molecule has 0 spiro atoms. The van der Waals surface area contributed by atoms with Gasteiger partial charge in [0.05, 0.1) is 25.8 Å². The van der Waals surface area contributed by atoms with E-state index >= 15 is 0 Å². The molecule has 0 radical (unpaired) electrons. The Morgan fingerprint density at radius 1 is 1.00 bits per heavy atom. The summed E-state index contributed by atoms with van der Waals surface area (Å²) in [6.45, 7) is 6.78. The maximum atomic E-state index is 5.93. The van der Waals surface area contributed by atoms with Crippen LogP contribution in [0, 0.1) is 0 Å². The number of aliphatic imine (C=N–C) groups is 1. The first kappa shape index (κ1) is 18.4. The number of nitrogens with zero attached hydrogens (tertiary/aromatic N) is 2. The van der Waals surface area contributed by atoms with Crippen molar-refractivity contribution in [1.82, 2.24) is 5.01 Å². The van der Waals surface area contributed by atoms with E-state index in [4.69, 9.17) is 15.3 Å². The highest BCUT2D eigenvalue weighted by atomic mass is 16.5. The number of ether oxygens (including phenoxy) is 2. The molecule has 2 aromatic carbocycles. The van der Waals surface area contributed by atoms with Crippen LogP contribution < -0.4 is 10.6 Å². The predicted molar refractivity (Wildman–Crippen MR) is 105 cm³/mol. The standard InChI is InChI=1S/C21H27N3O2/c1-16(2)25-13-14-26-20-9-5-18(6-10-20)15-17-3-7-19(8-4-17)21-23-11-12-24(21)22/h3-10,16H,11-15,22H2,1-2H3. The van der Waals surface area contributed by atoms with Crippen LogP contribution in [0.3, 0.4) is 0 Å². The van der Waals surface area contributed by atoms with Gasteiger partial charge in [0.15, 0.2) is 0 Å². The minimum absolute atomic E-state index is 0.237. The zero-order valence-corrected chi connectivity index (χ0v) is 15.5. The highest BCUT2D eigenvalue weighted by Gasteiger charge is 2.14. The zero-order chi connectivity index (χ0) is 18.4. The second-order valence-corrected chi connectivity index (χ2v) is 6.68. The van der Waals surface area contributed by atoms with Gasteiger partial charge in [-0.1, -0.05) is 36.4 Å². The lowest BCUT2D eigenvalue weighted by molar-refractivity contribution is 0.0552. The Labute approximate surface area is 155 Å². The molecule has 1 aliphatic heterocycles. The molecule has 2 N–H and O–H groups in total. The number of benzene rings is 2. The first-order valence-electron chi connectivity index (χ1n) is 9.11. The van der Waals surface area contributed by atoms with Crippen LogP contribution >= 0.6 is 0 Å². The van der Waals surface area contributed by atoms with Crippen molar-refractivity contribution in [3.63, 3.8) is 0 Å². The molecule has 0 aliphatic carbocycles. The Bertz CT molecular complexity index is 724. The van der Waals surface area contributed by atoms with E-state index in [1.54, 1.807) is 5.01 Å². The van der Waals surface area contributed by atoms with Gasteiger partial charge < -0.3 is 9.47 Å². The van der Waals surface area contributed by atoms with Crippen molar-refractivity contribution in [3.05, 3.63) is 65.2 Å². The van der Waals surface area contributed by atoms with E-state index in [0.29, 0.717) is 13.2 Å². The molecule has 0 amide bonds. The summed E-state index contributed by atoms with van der Waals surface area (Å²) in [5, 5.41) is 1.71. The second-order valence-electron chi connectivity index (χ2n) is 6.68. The lowest BCUT2D eigenvalue weighted by Gasteiger charge is -2.13. The Kier molecular flexibility index (Phi) is 6.26. The lowest BCUT2D eigenvalue weighted by Crippen LogP contribution is -2.34. The van der Waals surface area contributed by atoms with Gasteiger partial charge in [-0.15, -0.1) is 0 Å². The number of hydrogen-bond donors (Lipinski definition) is 1. The molecule has 0 aromatic heterocycles. The third-order valence-corrected chi connectivity index (χ3v) is 4.22. The van der Waals surface area contributed by atoms with Gasteiger partial charge in [-0.3, -0.25) is 10.0 Å². The summed E-state index contributed by atoms with van der Waals surface area (Å²) in [6.07, 6.45) is 1.12. The number of rotatable bonds is 8. The van der Waals surface area contributed by atoms with Crippen molar-refractivity contribution in [2.45, 2.75) is 26.4 Å². The van der Waals surface area contributed by atoms with Crippen LogP contribution in [0.4, 0.5) is 0 Å². The summed E-state index contributed by atoms with van der Waals surface area (Å²) in [6, 6.07) is 16.7. The molecule has 0 unspecified atom stereocenters. The summed E-state index contributed by atoms with van der Waals surface area (Å²) in [7, 11) is 0. The maximum Gasteiger partial charge on any atom is 0.145 e. The number of nitrogens with two attached hydrogens (primary N) is 1. The van der Waals surface area contributed by atoms with Crippen LogP contribution in [-0.4, -0.2) is 43.3 Å². The molecule has 0 fully saturated rings. The van der Waals surface area contributed by atoms with Gasteiger partial charge in [0, 0.05) is 5.56 Å². The van der Waals surface area contributed by atoms with Gasteiger partial charge in [0.2, 0.25) is 0 Å². The molecule has 0 saturated carbocycles. The minimum atomic E-state index is 0.237. The number of hydrazine groups is 1. The van der Waals surface area contributed by atoms with Gasteiger partial charge in [-0.25, -0.2) is 5.84 Å². The fourth-order valence-corrected chi connectivity index (χ4v) is 2.87. The van der Waals surface area contributed by atoms with E-state index in [1.807, 2.05) is 26.0 Å². The first-order chi connectivity index (χ1) is 12.6. The molecule has 3 rings (SSSR count). The van der Waals surface area contributed by atoms with Crippen molar-refractivity contribution in [1.29, 1.82) is 0 Å². The fourth-order valence-electron chi connectivity index (χ4n) is 2.87. The Morgan fingerprint density at radius 2 is 1.65 bits per heavy atom. The van der Waals surface area contributed by atoms with Crippen LogP contribution in [0.5, 0.6) is 5.75 Å². The molecule has 2 aromatic rings. The Balaban J connectivity index is 1.52. The molecule has 1 aliphatic rings. The molecule has 0 atom stereocenters. The van der Waals surface area contributed by atoms with Gasteiger partial charge in [-0.2, -0.15) is 0 Å². The summed E-state index contributed by atoms with van der Waals surface area (Å²) in [4.78, 5) is 4.45. The predicted octanol–water partition coefficient (Wildman–Crippen LogP) is 3.02. The van der Waals surface area contributed by atoms with Crippen LogP contribution in [0.1, 0.15) is 30.5 Å². The lowest BCUT2D eigenvalue weighted by atomic mass is 10.0. The quantitative estimate of drug-likeness (QED) is 0.585. The topological polar surface area (TPSA) is 60.1 Å². The third-order valence-electron chi connectivity index (χ3n) is 4.22. The SMILES string of the molecule is CC(C)OCCOc1ccc(Cc2ccc(C3=NCCN3N)cc2)cc1. The zero-order valence-electron chi connectivity index (χ0n) is 15.5. The summed E-state index contributed by atoms with van der Waals surface area (Å²) in [5.41, 5.74) is 3.58. The molecule has 1 heterocycles. The van der Waals surface area contributed by atoms with E-state index < -0.39 is 0 Å². The summed E-state index contributed by atoms with van der Waals surface area (Å²) < 4.78 is 11.2. The highest BCUT2D eigenvalue weighted by Crippen LogP contribution is 2.17. The third kappa shape index (κ3) is 5.07. The van der Waals surface area contributed by atoms with Gasteiger partial charge in [-0.05, 0) is 43.5 Å². The molecule has 0 bridgehead atoms. The molecule has 5 nitrogen and oxygen atoms in total. The van der Waals surface area contributed by atoms with Crippen molar-refractivity contribution >= 4 is 5.84 Å². The van der Waals surface area contributed by atoms with E-state index in [-0.39, 0.29) is 6.10 Å². The second kappa shape index (κ2) is 8.83. The summed E-state index contributed by atoms with van der Waals surface area (Å²) in [5.74, 6) is 7.68. The van der Waals surface area contributed by atoms with Crippen LogP contribution in [0.2, 0.25) is 0 Å². The monoisotopic (exact) mass is 353 g/mol. The van der Waals surface area contributed by atoms with E-state index in [9.17, 15) is 0 Å². The number of hydrogen-bond acceptors (Lipinski definition) is 5. The average Bonchev–Trinajstić information content (AvgIpc) is 3.07. The highest BCUT2D eigenvalue weighted by molar-refractivity contribution is 5.99. The van der Waals surface area contributed by atoms with Crippen LogP contribution in [0.25, 0.3) is 0 Å². The van der Waals surface area contributed by atoms with E-state index in [1.165, 1.54) is 11.1 Å². The van der Waals surface area contributed by atoms with Crippen LogP contribution in [0.15, 0.2) is 53.5 Å². The first-order valence-corrected chi connectivity index (χ1v) is 9.11. The Morgan fingerprint density at radius 3 is 2.23 bits per heavy atom. The average molecular weight is 353 g/mol. The maximum absolute atomic E-state index is 5.93. The molecule has 138 valence electrons. The number of amidine groups is 1. The fraction of sp³-hybridized carbons (Fsp3) is 0.381. The minimum Gasteiger partial charge on any atom is -0.491 e. The molecule has 0 saturated heterocycles. The van der Waals surface area contributed by atoms with Crippen molar-refractivity contribution in [3.8, 4) is 5.75 Å².